The molecule has 0 bridgehead atoms. The Balaban J connectivity index is 1.18. The molecule has 6 nitrogen and oxygen atoms in total. The minimum absolute atomic E-state index is 0.0636. The van der Waals surface area contributed by atoms with E-state index in [2.05, 4.69) is 27.5 Å². The largest absolute Gasteiger partial charge is 0.494 e. The Bertz CT molecular complexity index is 1430. The van der Waals surface area contributed by atoms with Crippen LogP contribution < -0.4 is 10.1 Å². The SMILES string of the molecule is Cc1nn(-c2ccccc2)c2ncc(NC(=O)CCCOc3ccc4ccccc4c3)cc12. The van der Waals surface area contributed by atoms with Crippen LogP contribution >= 0.6 is 0 Å². The summed E-state index contributed by atoms with van der Waals surface area (Å²) >= 11 is 0. The van der Waals surface area contributed by atoms with E-state index in [4.69, 9.17) is 4.74 Å². The molecule has 3 aromatic carbocycles. The molecule has 1 amide bonds. The van der Waals surface area contributed by atoms with Crippen molar-refractivity contribution in [2.75, 3.05) is 11.9 Å². The zero-order valence-corrected chi connectivity index (χ0v) is 18.4. The highest BCUT2D eigenvalue weighted by Crippen LogP contribution is 2.23. The van der Waals surface area contributed by atoms with E-state index < -0.39 is 0 Å². The highest BCUT2D eigenvalue weighted by atomic mass is 16.5. The van der Waals surface area contributed by atoms with Crippen LogP contribution in [0.15, 0.2) is 85.1 Å². The highest BCUT2D eigenvalue weighted by Gasteiger charge is 2.12. The Hall–Kier alpha value is -4.19. The molecule has 0 fully saturated rings. The normalized spacial score (nSPS) is 11.1. The van der Waals surface area contributed by atoms with Gasteiger partial charge in [0.25, 0.3) is 0 Å². The number of rotatable bonds is 7. The van der Waals surface area contributed by atoms with Gasteiger partial charge in [-0.15, -0.1) is 0 Å². The summed E-state index contributed by atoms with van der Waals surface area (Å²) in [5.74, 6) is 0.751. The van der Waals surface area contributed by atoms with Crippen molar-refractivity contribution in [2.24, 2.45) is 0 Å². The molecular formula is C27H24N4O2. The number of nitrogens with one attached hydrogen (secondary N) is 1. The summed E-state index contributed by atoms with van der Waals surface area (Å²) in [6, 6.07) is 26.0. The van der Waals surface area contributed by atoms with E-state index in [1.807, 2.05) is 78.3 Å². The van der Waals surface area contributed by atoms with Gasteiger partial charge in [-0.3, -0.25) is 4.79 Å². The summed E-state index contributed by atoms with van der Waals surface area (Å²) < 4.78 is 7.65. The first-order chi connectivity index (χ1) is 16.2. The van der Waals surface area contributed by atoms with Gasteiger partial charge >= 0.3 is 0 Å². The van der Waals surface area contributed by atoms with E-state index in [9.17, 15) is 4.79 Å². The number of para-hydroxylation sites is 1. The van der Waals surface area contributed by atoms with Crippen molar-refractivity contribution in [1.29, 1.82) is 0 Å². The Morgan fingerprint density at radius 2 is 1.76 bits per heavy atom. The number of fused-ring (bicyclic) bond motifs is 2. The summed E-state index contributed by atoms with van der Waals surface area (Å²) in [6.07, 6.45) is 2.67. The van der Waals surface area contributed by atoms with Gasteiger partial charge in [-0.2, -0.15) is 5.10 Å². The zero-order valence-electron chi connectivity index (χ0n) is 18.4. The maximum absolute atomic E-state index is 12.4. The van der Waals surface area contributed by atoms with Crippen LogP contribution in [0.2, 0.25) is 0 Å². The monoisotopic (exact) mass is 436 g/mol. The van der Waals surface area contributed by atoms with E-state index >= 15 is 0 Å². The third-order valence-corrected chi connectivity index (χ3v) is 5.53. The molecule has 0 spiro atoms. The molecule has 0 radical (unpaired) electrons. The molecule has 0 aliphatic carbocycles. The Morgan fingerprint density at radius 3 is 2.61 bits per heavy atom. The predicted molar refractivity (Wildman–Crippen MR) is 131 cm³/mol. The number of hydrogen-bond donors (Lipinski definition) is 1. The lowest BCUT2D eigenvalue weighted by atomic mass is 10.1. The first-order valence-corrected chi connectivity index (χ1v) is 11.0. The second-order valence-corrected chi connectivity index (χ2v) is 7.94. The topological polar surface area (TPSA) is 69.0 Å². The molecule has 5 rings (SSSR count). The van der Waals surface area contributed by atoms with E-state index in [1.165, 1.54) is 5.39 Å². The Labute approximate surface area is 191 Å². The maximum Gasteiger partial charge on any atom is 0.224 e. The van der Waals surface area contributed by atoms with Crippen molar-refractivity contribution in [3.63, 3.8) is 0 Å². The summed E-state index contributed by atoms with van der Waals surface area (Å²) in [5, 5.41) is 10.8. The number of carbonyl (C=O) groups excluding carboxylic acids is 1. The maximum atomic E-state index is 12.4. The standard InChI is InChI=1S/C27H24N4O2/c1-19-25-17-22(18-28-27(25)31(30-19)23-10-3-2-4-11-23)29-26(32)12-7-15-33-24-14-13-20-8-5-6-9-21(20)16-24/h2-6,8-11,13-14,16-18H,7,12,15H2,1H3,(H,29,32). The fourth-order valence-corrected chi connectivity index (χ4v) is 3.86. The van der Waals surface area contributed by atoms with Crippen molar-refractivity contribution in [1.82, 2.24) is 14.8 Å². The highest BCUT2D eigenvalue weighted by molar-refractivity contribution is 5.93. The second kappa shape index (κ2) is 9.12. The quantitative estimate of drug-likeness (QED) is 0.333. The van der Waals surface area contributed by atoms with Crippen LogP contribution in [0.3, 0.4) is 0 Å². The summed E-state index contributed by atoms with van der Waals surface area (Å²) in [7, 11) is 0. The lowest BCUT2D eigenvalue weighted by Crippen LogP contribution is -2.13. The minimum Gasteiger partial charge on any atom is -0.494 e. The third kappa shape index (κ3) is 4.55. The van der Waals surface area contributed by atoms with Gasteiger partial charge in [-0.25, -0.2) is 9.67 Å². The Kier molecular flexibility index (Phi) is 5.72. The zero-order chi connectivity index (χ0) is 22.6. The van der Waals surface area contributed by atoms with Gasteiger partial charge in [0.15, 0.2) is 5.65 Å². The van der Waals surface area contributed by atoms with E-state index in [1.54, 1.807) is 6.20 Å². The van der Waals surface area contributed by atoms with E-state index in [-0.39, 0.29) is 5.91 Å². The molecule has 0 saturated carbocycles. The van der Waals surface area contributed by atoms with Crippen LogP contribution in [0.5, 0.6) is 5.75 Å². The van der Waals surface area contributed by atoms with Crippen molar-refractivity contribution in [3.8, 4) is 11.4 Å². The summed E-state index contributed by atoms with van der Waals surface area (Å²) in [5.41, 5.74) is 3.24. The molecule has 1 N–H and O–H groups in total. The molecule has 164 valence electrons. The molecule has 5 aromatic rings. The van der Waals surface area contributed by atoms with E-state index in [0.29, 0.717) is 25.1 Å². The first kappa shape index (κ1) is 20.7. The van der Waals surface area contributed by atoms with E-state index in [0.717, 1.165) is 33.6 Å². The van der Waals surface area contributed by atoms with Crippen LogP contribution in [0.1, 0.15) is 18.5 Å². The number of nitrogens with zero attached hydrogens (tertiary/aromatic N) is 3. The molecule has 0 saturated heterocycles. The summed E-state index contributed by atoms with van der Waals surface area (Å²) in [6.45, 7) is 2.42. The van der Waals surface area contributed by atoms with Crippen LogP contribution in [0.25, 0.3) is 27.5 Å². The lowest BCUT2D eigenvalue weighted by Gasteiger charge is -2.08. The third-order valence-electron chi connectivity index (χ3n) is 5.53. The average Bonchev–Trinajstić information content (AvgIpc) is 3.18. The van der Waals surface area contributed by atoms with Gasteiger partial charge in [0, 0.05) is 11.8 Å². The van der Waals surface area contributed by atoms with Crippen molar-refractivity contribution < 1.29 is 9.53 Å². The molecule has 6 heteroatoms. The average molecular weight is 437 g/mol. The number of amides is 1. The fraction of sp³-hybridized carbons (Fsp3) is 0.148. The fourth-order valence-electron chi connectivity index (χ4n) is 3.86. The van der Waals surface area contributed by atoms with Gasteiger partial charge < -0.3 is 10.1 Å². The van der Waals surface area contributed by atoms with Gasteiger partial charge in [-0.05, 0) is 54.4 Å². The van der Waals surface area contributed by atoms with Crippen LogP contribution in [-0.4, -0.2) is 27.3 Å². The number of pyridine rings is 1. The van der Waals surface area contributed by atoms with Gasteiger partial charge in [-0.1, -0.05) is 48.5 Å². The molecule has 0 aliphatic rings. The lowest BCUT2D eigenvalue weighted by molar-refractivity contribution is -0.116. The second-order valence-electron chi connectivity index (χ2n) is 7.94. The summed E-state index contributed by atoms with van der Waals surface area (Å²) in [4.78, 5) is 17.0. The van der Waals surface area contributed by atoms with Crippen molar-refractivity contribution in [2.45, 2.75) is 19.8 Å². The van der Waals surface area contributed by atoms with Gasteiger partial charge in [0.05, 0.1) is 29.9 Å². The smallest absolute Gasteiger partial charge is 0.224 e. The molecular weight excluding hydrogens is 412 g/mol. The van der Waals surface area contributed by atoms with Gasteiger partial charge in [0.1, 0.15) is 5.75 Å². The number of benzene rings is 3. The molecule has 0 aliphatic heterocycles. The Morgan fingerprint density at radius 1 is 0.970 bits per heavy atom. The number of carbonyl (C=O) groups is 1. The molecule has 33 heavy (non-hydrogen) atoms. The van der Waals surface area contributed by atoms with Crippen molar-refractivity contribution >= 4 is 33.4 Å². The molecule has 2 heterocycles. The minimum atomic E-state index is -0.0636. The van der Waals surface area contributed by atoms with Crippen LogP contribution in [0, 0.1) is 6.92 Å². The van der Waals surface area contributed by atoms with Gasteiger partial charge in [0.2, 0.25) is 5.91 Å². The first-order valence-electron chi connectivity index (χ1n) is 11.0. The number of hydrogen-bond acceptors (Lipinski definition) is 4. The number of ether oxygens (including phenoxy) is 1. The predicted octanol–water partition coefficient (Wildman–Crippen LogP) is 5.68. The number of aromatic nitrogens is 3. The number of anilines is 1. The van der Waals surface area contributed by atoms with Crippen LogP contribution in [0.4, 0.5) is 5.69 Å². The van der Waals surface area contributed by atoms with Crippen molar-refractivity contribution in [3.05, 3.63) is 90.8 Å². The molecule has 2 aromatic heterocycles. The molecule has 0 unspecified atom stereocenters. The molecule has 0 atom stereocenters. The number of aryl methyl sites for hydroxylation is 1. The van der Waals surface area contributed by atoms with Crippen LogP contribution in [-0.2, 0) is 4.79 Å².